The van der Waals surface area contributed by atoms with Crippen LogP contribution in [0.5, 0.6) is 0 Å². The van der Waals surface area contributed by atoms with Gasteiger partial charge < -0.3 is 20.0 Å². The molecule has 3 aromatic rings. The van der Waals surface area contributed by atoms with Crippen LogP contribution >= 0.6 is 11.3 Å². The quantitative estimate of drug-likeness (QED) is 0.182. The lowest BCUT2D eigenvalue weighted by Crippen LogP contribution is -2.34. The van der Waals surface area contributed by atoms with Gasteiger partial charge in [-0.2, -0.15) is 0 Å². The number of carbonyl (C=O) groups is 4. The fourth-order valence-corrected chi connectivity index (χ4v) is 4.32. The van der Waals surface area contributed by atoms with E-state index >= 15 is 0 Å². The monoisotopic (exact) mass is 523 g/mol. The third-order valence-corrected chi connectivity index (χ3v) is 6.51. The number of nitrogens with one attached hydrogen (secondary N) is 3. The highest BCUT2D eigenvalue weighted by molar-refractivity contribution is 7.13. The molecule has 0 spiro atoms. The maximum absolute atomic E-state index is 12.9. The van der Waals surface area contributed by atoms with Crippen LogP contribution in [0.25, 0.3) is 10.4 Å². The van der Waals surface area contributed by atoms with Gasteiger partial charge in [-0.05, 0) is 53.6 Å². The third-order valence-electron chi connectivity index (χ3n) is 5.59. The van der Waals surface area contributed by atoms with Crippen LogP contribution in [-0.4, -0.2) is 48.4 Å². The van der Waals surface area contributed by atoms with Gasteiger partial charge in [0.2, 0.25) is 5.91 Å². The largest absolute Gasteiger partial charge is 0.479 e. The third kappa shape index (κ3) is 8.07. The fourth-order valence-electron chi connectivity index (χ4n) is 3.60. The number of aryl methyl sites for hydroxylation is 1. The molecule has 0 bridgehead atoms. The van der Waals surface area contributed by atoms with E-state index in [2.05, 4.69) is 44.5 Å². The number of carboxylic acids is 1. The highest BCUT2D eigenvalue weighted by atomic mass is 32.1. The summed E-state index contributed by atoms with van der Waals surface area (Å²) in [4.78, 5) is 45.4. The van der Waals surface area contributed by atoms with Crippen LogP contribution in [0.15, 0.2) is 66.0 Å². The minimum absolute atomic E-state index is 0.110. The molecule has 0 saturated carbocycles. The predicted octanol–water partition coefficient (Wildman–Crippen LogP) is 3.13. The maximum atomic E-state index is 12.9. The van der Waals surface area contributed by atoms with Crippen molar-refractivity contribution in [2.75, 3.05) is 7.05 Å². The number of aldehydes is 1. The number of aliphatic carboxylic acids is 1. The van der Waals surface area contributed by atoms with Gasteiger partial charge in [0, 0.05) is 23.9 Å². The maximum Gasteiger partial charge on any atom is 0.336 e. The molecule has 37 heavy (non-hydrogen) atoms. The van der Waals surface area contributed by atoms with Crippen molar-refractivity contribution in [3.8, 4) is 10.4 Å². The average molecular weight is 524 g/mol. The molecule has 0 radical (unpaired) electrons. The van der Waals surface area contributed by atoms with E-state index in [1.807, 2.05) is 43.3 Å². The van der Waals surface area contributed by atoms with Crippen LogP contribution in [0.3, 0.4) is 0 Å². The molecule has 1 aliphatic heterocycles. The number of ether oxygens (including phenoxy) is 1. The first-order chi connectivity index (χ1) is 17.8. The van der Waals surface area contributed by atoms with Crippen LogP contribution in [0, 0.1) is 0 Å². The van der Waals surface area contributed by atoms with Crippen LogP contribution < -0.4 is 16.2 Å². The first-order valence-corrected chi connectivity index (χ1v) is 12.5. The Bertz CT molecular complexity index is 1230. The first-order valence-electron chi connectivity index (χ1n) is 11.7. The summed E-state index contributed by atoms with van der Waals surface area (Å²) >= 11 is 1.70. The second-order valence-electron chi connectivity index (χ2n) is 8.25. The van der Waals surface area contributed by atoms with Crippen LogP contribution in [-0.2, 0) is 25.5 Å². The average Bonchev–Trinajstić information content (AvgIpc) is 3.51. The van der Waals surface area contributed by atoms with Gasteiger partial charge in [0.15, 0.2) is 18.5 Å². The molecule has 1 aromatic heterocycles. The summed E-state index contributed by atoms with van der Waals surface area (Å²) in [5, 5.41) is 13.2. The molecular weight excluding hydrogens is 494 g/mol. The van der Waals surface area contributed by atoms with Crippen molar-refractivity contribution in [3.05, 3.63) is 82.7 Å². The highest BCUT2D eigenvalue weighted by Crippen LogP contribution is 2.27. The molecule has 10 heteroatoms. The molecular formula is C27H29N3O6S. The normalized spacial score (nSPS) is 16.5. The van der Waals surface area contributed by atoms with Crippen molar-refractivity contribution in [2.45, 2.75) is 38.0 Å². The SMILES string of the molecule is CNNC(=O)CCc1ccccc1C(=O)NC(C)c1cccc(-c2cccs2)c1.O=CC1OC1C(=O)O. The second kappa shape index (κ2) is 13.4. The first kappa shape index (κ1) is 27.7. The summed E-state index contributed by atoms with van der Waals surface area (Å²) in [5.74, 6) is -1.31. The Morgan fingerprint density at radius 3 is 2.51 bits per heavy atom. The van der Waals surface area contributed by atoms with Crippen molar-refractivity contribution >= 4 is 35.4 Å². The summed E-state index contributed by atoms with van der Waals surface area (Å²) in [6.07, 6.45) is -0.262. The molecule has 2 aromatic carbocycles. The highest BCUT2D eigenvalue weighted by Gasteiger charge is 2.45. The van der Waals surface area contributed by atoms with Gasteiger partial charge in [0.1, 0.15) is 0 Å². The van der Waals surface area contributed by atoms with Crippen LogP contribution in [0.2, 0.25) is 0 Å². The van der Waals surface area contributed by atoms with Crippen molar-refractivity contribution < 1.29 is 29.0 Å². The van der Waals surface area contributed by atoms with E-state index in [-0.39, 0.29) is 17.9 Å². The molecule has 4 rings (SSSR count). The second-order valence-corrected chi connectivity index (χ2v) is 9.20. The summed E-state index contributed by atoms with van der Waals surface area (Å²) in [5.41, 5.74) is 8.83. The Balaban J connectivity index is 0.000000405. The summed E-state index contributed by atoms with van der Waals surface area (Å²) in [7, 11) is 1.65. The summed E-state index contributed by atoms with van der Waals surface area (Å²) < 4.78 is 4.36. The van der Waals surface area contributed by atoms with Gasteiger partial charge >= 0.3 is 5.97 Å². The molecule has 2 heterocycles. The number of carbonyl (C=O) groups excluding carboxylic acids is 3. The van der Waals surface area contributed by atoms with Crippen LogP contribution in [0.4, 0.5) is 0 Å². The van der Waals surface area contributed by atoms with Gasteiger partial charge in [0.25, 0.3) is 5.91 Å². The smallest absolute Gasteiger partial charge is 0.336 e. The Hall–Kier alpha value is -3.86. The Labute approximate surface area is 218 Å². The number of carboxylic acid groups (broad SMARTS) is 1. The summed E-state index contributed by atoms with van der Waals surface area (Å²) in [6, 6.07) is 19.6. The number of hydrogen-bond acceptors (Lipinski definition) is 7. The predicted molar refractivity (Wildman–Crippen MR) is 140 cm³/mol. The molecule has 0 aliphatic carbocycles. The number of benzene rings is 2. The zero-order valence-corrected chi connectivity index (χ0v) is 21.3. The fraction of sp³-hybridized carbons (Fsp3) is 0.259. The lowest BCUT2D eigenvalue weighted by atomic mass is 10.0. The van der Waals surface area contributed by atoms with E-state index in [4.69, 9.17) is 5.11 Å². The number of amides is 2. The Morgan fingerprint density at radius 1 is 1.11 bits per heavy atom. The number of thiophene rings is 1. The van der Waals surface area contributed by atoms with Crippen molar-refractivity contribution in [3.63, 3.8) is 0 Å². The zero-order chi connectivity index (χ0) is 26.8. The van der Waals surface area contributed by atoms with Crippen LogP contribution in [0.1, 0.15) is 40.9 Å². The molecule has 1 fully saturated rings. The van der Waals surface area contributed by atoms with Gasteiger partial charge in [-0.3, -0.25) is 15.0 Å². The molecule has 2 amide bonds. The topological polar surface area (TPSA) is 137 Å². The Morgan fingerprint density at radius 2 is 1.89 bits per heavy atom. The van der Waals surface area contributed by atoms with Gasteiger partial charge in [-0.15, -0.1) is 11.3 Å². The minimum Gasteiger partial charge on any atom is -0.479 e. The number of epoxide rings is 1. The molecule has 3 atom stereocenters. The molecule has 194 valence electrons. The van der Waals surface area contributed by atoms with Gasteiger partial charge in [0.05, 0.1) is 6.04 Å². The van der Waals surface area contributed by atoms with E-state index in [1.165, 1.54) is 4.88 Å². The van der Waals surface area contributed by atoms with Gasteiger partial charge in [-0.25, -0.2) is 10.2 Å². The lowest BCUT2D eigenvalue weighted by Gasteiger charge is -2.17. The standard InChI is InChI=1S/C23H25N3O2S.C4H4O4/c1-16(18-8-5-9-19(15-18)21-11-6-14-29-21)25-23(28)20-10-4-3-7-17(20)12-13-22(27)26-24-2;5-1-2-3(8-2)4(6)7/h3-11,14-16,24H,12-13H2,1-2H3,(H,25,28)(H,26,27);1-3H,(H,6,7). The summed E-state index contributed by atoms with van der Waals surface area (Å²) in [6.45, 7) is 1.98. The van der Waals surface area contributed by atoms with E-state index in [9.17, 15) is 19.2 Å². The van der Waals surface area contributed by atoms with E-state index in [0.717, 1.165) is 16.7 Å². The molecule has 3 unspecified atom stereocenters. The van der Waals surface area contributed by atoms with Crippen molar-refractivity contribution in [1.29, 1.82) is 0 Å². The molecule has 9 nitrogen and oxygen atoms in total. The number of hydrazine groups is 1. The number of rotatable bonds is 10. The zero-order valence-electron chi connectivity index (χ0n) is 20.5. The molecule has 1 aliphatic rings. The van der Waals surface area contributed by atoms with E-state index < -0.39 is 18.2 Å². The minimum atomic E-state index is -1.07. The van der Waals surface area contributed by atoms with Gasteiger partial charge in [-0.1, -0.05) is 42.5 Å². The Kier molecular flexibility index (Phi) is 10.1. The van der Waals surface area contributed by atoms with Crippen molar-refractivity contribution in [1.82, 2.24) is 16.2 Å². The molecule has 4 N–H and O–H groups in total. The van der Waals surface area contributed by atoms with Crippen molar-refractivity contribution in [2.24, 2.45) is 0 Å². The number of hydrogen-bond donors (Lipinski definition) is 4. The lowest BCUT2D eigenvalue weighted by molar-refractivity contribution is -0.138. The van der Waals surface area contributed by atoms with E-state index in [0.29, 0.717) is 24.7 Å². The molecule has 1 saturated heterocycles. The van der Waals surface area contributed by atoms with E-state index in [1.54, 1.807) is 24.5 Å².